The third kappa shape index (κ3) is 2.99. The molecule has 0 spiro atoms. The van der Waals surface area contributed by atoms with Crippen molar-refractivity contribution in [1.29, 1.82) is 0 Å². The lowest BCUT2D eigenvalue weighted by molar-refractivity contribution is 0.430. The molecule has 0 bridgehead atoms. The molecule has 3 heteroatoms. The number of nitrogens with two attached hydrogens (primary N) is 1. The van der Waals surface area contributed by atoms with Crippen molar-refractivity contribution in [2.75, 3.05) is 5.73 Å². The molecule has 1 heterocycles. The van der Waals surface area contributed by atoms with Crippen LogP contribution >= 0.6 is 15.9 Å². The maximum atomic E-state index is 5.82. The number of pyridine rings is 1. The molecule has 1 aromatic heterocycles. The molecule has 84 valence electrons. The number of halogens is 1. The fourth-order valence-electron chi connectivity index (χ4n) is 1.96. The number of rotatable bonds is 0. The summed E-state index contributed by atoms with van der Waals surface area (Å²) < 4.78 is 0.787. The van der Waals surface area contributed by atoms with Gasteiger partial charge in [0.15, 0.2) is 0 Å². The molecule has 1 saturated carbocycles. The predicted molar refractivity (Wildman–Crippen MR) is 69.8 cm³/mol. The standard InChI is InChI=1S/C13H15BrN2/c14-13-9-7-11(15)12(16-13)8-6-10-4-2-1-3-5-10/h7,9-10H,1-5,15H2. The maximum absolute atomic E-state index is 5.82. The van der Waals surface area contributed by atoms with E-state index in [2.05, 4.69) is 32.8 Å². The van der Waals surface area contributed by atoms with E-state index in [1.54, 1.807) is 0 Å². The van der Waals surface area contributed by atoms with Crippen molar-refractivity contribution in [1.82, 2.24) is 4.98 Å². The Morgan fingerprint density at radius 3 is 2.75 bits per heavy atom. The first kappa shape index (κ1) is 11.5. The van der Waals surface area contributed by atoms with Gasteiger partial charge in [-0.05, 0) is 46.8 Å². The molecule has 2 N–H and O–H groups in total. The Labute approximate surface area is 105 Å². The van der Waals surface area contributed by atoms with Crippen LogP contribution < -0.4 is 5.73 Å². The van der Waals surface area contributed by atoms with Crippen molar-refractivity contribution in [2.45, 2.75) is 32.1 Å². The average Bonchev–Trinajstić information content (AvgIpc) is 2.32. The molecule has 0 atom stereocenters. The van der Waals surface area contributed by atoms with Gasteiger partial charge in [-0.3, -0.25) is 0 Å². The van der Waals surface area contributed by atoms with Crippen LogP contribution in [0, 0.1) is 17.8 Å². The van der Waals surface area contributed by atoms with E-state index < -0.39 is 0 Å². The lowest BCUT2D eigenvalue weighted by atomic mass is 9.90. The molecular formula is C13H15BrN2. The third-order valence-electron chi connectivity index (χ3n) is 2.89. The second-order valence-corrected chi connectivity index (χ2v) is 4.99. The van der Waals surface area contributed by atoms with Gasteiger partial charge in [0.2, 0.25) is 0 Å². The molecule has 1 aliphatic rings. The van der Waals surface area contributed by atoms with Gasteiger partial charge in [0, 0.05) is 5.92 Å². The molecule has 16 heavy (non-hydrogen) atoms. The summed E-state index contributed by atoms with van der Waals surface area (Å²) >= 11 is 3.33. The molecule has 1 aromatic rings. The Bertz CT molecular complexity index is 425. The Kier molecular flexibility index (Phi) is 3.84. The number of aromatic nitrogens is 1. The Morgan fingerprint density at radius 1 is 1.25 bits per heavy atom. The number of nitrogen functional groups attached to an aromatic ring is 1. The minimum Gasteiger partial charge on any atom is -0.396 e. The average molecular weight is 279 g/mol. The van der Waals surface area contributed by atoms with Crippen LogP contribution in [0.5, 0.6) is 0 Å². The first-order valence-electron chi connectivity index (χ1n) is 5.69. The maximum Gasteiger partial charge on any atom is 0.137 e. The summed E-state index contributed by atoms with van der Waals surface area (Å²) in [5.41, 5.74) is 7.17. The molecular weight excluding hydrogens is 264 g/mol. The number of hydrogen-bond acceptors (Lipinski definition) is 2. The number of hydrogen-bond donors (Lipinski definition) is 1. The highest BCUT2D eigenvalue weighted by Gasteiger charge is 2.10. The second kappa shape index (κ2) is 5.36. The summed E-state index contributed by atoms with van der Waals surface area (Å²) in [6.45, 7) is 0. The summed E-state index contributed by atoms with van der Waals surface area (Å²) in [5, 5.41) is 0. The van der Waals surface area contributed by atoms with Crippen LogP contribution in [-0.4, -0.2) is 4.98 Å². The molecule has 1 fully saturated rings. The van der Waals surface area contributed by atoms with Gasteiger partial charge in [-0.2, -0.15) is 0 Å². The van der Waals surface area contributed by atoms with Crippen LogP contribution in [0.25, 0.3) is 0 Å². The van der Waals surface area contributed by atoms with Crippen molar-refractivity contribution in [3.8, 4) is 11.8 Å². The van der Waals surface area contributed by atoms with Gasteiger partial charge in [-0.15, -0.1) is 0 Å². The van der Waals surface area contributed by atoms with Crippen LogP contribution in [0.3, 0.4) is 0 Å². The largest absolute Gasteiger partial charge is 0.396 e. The molecule has 0 radical (unpaired) electrons. The zero-order valence-electron chi connectivity index (χ0n) is 9.17. The minimum atomic E-state index is 0.536. The van der Waals surface area contributed by atoms with Gasteiger partial charge in [-0.25, -0.2) is 4.98 Å². The minimum absolute atomic E-state index is 0.536. The molecule has 0 aromatic carbocycles. The Balaban J connectivity index is 2.13. The molecule has 0 amide bonds. The zero-order chi connectivity index (χ0) is 11.4. The van der Waals surface area contributed by atoms with E-state index in [1.807, 2.05) is 12.1 Å². The Morgan fingerprint density at radius 2 is 2.00 bits per heavy atom. The monoisotopic (exact) mass is 278 g/mol. The smallest absolute Gasteiger partial charge is 0.137 e. The topological polar surface area (TPSA) is 38.9 Å². The second-order valence-electron chi connectivity index (χ2n) is 4.18. The summed E-state index contributed by atoms with van der Waals surface area (Å²) in [6, 6.07) is 3.67. The summed E-state index contributed by atoms with van der Waals surface area (Å²) in [5.74, 6) is 6.94. The molecule has 2 rings (SSSR count). The fourth-order valence-corrected chi connectivity index (χ4v) is 2.27. The van der Waals surface area contributed by atoms with Crippen molar-refractivity contribution in [3.05, 3.63) is 22.4 Å². The fraction of sp³-hybridized carbons (Fsp3) is 0.462. The normalized spacial score (nSPS) is 16.6. The van der Waals surface area contributed by atoms with Gasteiger partial charge in [0.1, 0.15) is 10.3 Å². The molecule has 0 unspecified atom stereocenters. The van der Waals surface area contributed by atoms with E-state index in [0.717, 1.165) is 4.60 Å². The molecule has 1 aliphatic carbocycles. The zero-order valence-corrected chi connectivity index (χ0v) is 10.8. The van der Waals surface area contributed by atoms with Gasteiger partial charge < -0.3 is 5.73 Å². The van der Waals surface area contributed by atoms with E-state index in [9.17, 15) is 0 Å². The SMILES string of the molecule is Nc1ccc(Br)nc1C#CC1CCCCC1. The lowest BCUT2D eigenvalue weighted by Crippen LogP contribution is -2.03. The van der Waals surface area contributed by atoms with Gasteiger partial charge >= 0.3 is 0 Å². The Hall–Kier alpha value is -1.01. The quantitative estimate of drug-likeness (QED) is 0.584. The van der Waals surface area contributed by atoms with E-state index in [0.29, 0.717) is 17.3 Å². The van der Waals surface area contributed by atoms with Crippen molar-refractivity contribution in [3.63, 3.8) is 0 Å². The summed E-state index contributed by atoms with van der Waals surface area (Å²) in [4.78, 5) is 4.28. The summed E-state index contributed by atoms with van der Waals surface area (Å²) in [7, 11) is 0. The van der Waals surface area contributed by atoms with Crippen LogP contribution in [0.4, 0.5) is 5.69 Å². The van der Waals surface area contributed by atoms with E-state index in [-0.39, 0.29) is 0 Å². The highest BCUT2D eigenvalue weighted by atomic mass is 79.9. The number of anilines is 1. The van der Waals surface area contributed by atoms with E-state index in [4.69, 9.17) is 5.73 Å². The third-order valence-corrected chi connectivity index (χ3v) is 3.33. The van der Waals surface area contributed by atoms with Crippen molar-refractivity contribution in [2.24, 2.45) is 5.92 Å². The first-order valence-corrected chi connectivity index (χ1v) is 6.48. The molecule has 0 aliphatic heterocycles. The van der Waals surface area contributed by atoms with Gasteiger partial charge in [0.25, 0.3) is 0 Å². The van der Waals surface area contributed by atoms with Crippen molar-refractivity contribution < 1.29 is 0 Å². The molecule has 2 nitrogen and oxygen atoms in total. The van der Waals surface area contributed by atoms with Crippen LogP contribution in [-0.2, 0) is 0 Å². The number of nitrogens with zero attached hydrogens (tertiary/aromatic N) is 1. The molecule has 0 saturated heterocycles. The van der Waals surface area contributed by atoms with E-state index in [1.165, 1.54) is 32.1 Å². The van der Waals surface area contributed by atoms with E-state index >= 15 is 0 Å². The van der Waals surface area contributed by atoms with Gasteiger partial charge in [-0.1, -0.05) is 25.2 Å². The van der Waals surface area contributed by atoms with Crippen LogP contribution in [0.1, 0.15) is 37.8 Å². The highest BCUT2D eigenvalue weighted by molar-refractivity contribution is 9.10. The first-order chi connectivity index (χ1) is 7.75. The highest BCUT2D eigenvalue weighted by Crippen LogP contribution is 2.23. The summed E-state index contributed by atoms with van der Waals surface area (Å²) in [6.07, 6.45) is 6.42. The van der Waals surface area contributed by atoms with Crippen LogP contribution in [0.15, 0.2) is 16.7 Å². The lowest BCUT2D eigenvalue weighted by Gasteiger charge is -2.15. The predicted octanol–water partition coefficient (Wildman–Crippen LogP) is 3.36. The van der Waals surface area contributed by atoms with Gasteiger partial charge in [0.05, 0.1) is 5.69 Å². The van der Waals surface area contributed by atoms with Crippen molar-refractivity contribution >= 4 is 21.6 Å². The van der Waals surface area contributed by atoms with Crippen LogP contribution in [0.2, 0.25) is 0 Å².